The van der Waals surface area contributed by atoms with Gasteiger partial charge in [-0.05, 0) is 37.5 Å². The van der Waals surface area contributed by atoms with Crippen molar-refractivity contribution in [1.82, 2.24) is 5.32 Å². The van der Waals surface area contributed by atoms with Crippen molar-refractivity contribution in [1.29, 1.82) is 5.41 Å². The van der Waals surface area contributed by atoms with Gasteiger partial charge in [-0.25, -0.2) is 8.78 Å². The fraction of sp³-hybridized carbons (Fsp3) is 0.531. The Bertz CT molecular complexity index is 776. The van der Waals surface area contributed by atoms with Crippen LogP contribution < -0.4 is 5.32 Å². The number of aliphatic carboxylic acids is 1. The van der Waals surface area contributed by atoms with Crippen LogP contribution in [0.3, 0.4) is 0 Å². The van der Waals surface area contributed by atoms with Crippen LogP contribution in [0.2, 0.25) is 0 Å². The average molecular weight is 552 g/mol. The highest BCUT2D eigenvalue weighted by molar-refractivity contribution is 6.40. The number of carboxylic acid groups (broad SMARTS) is 1. The Labute approximate surface area is 237 Å². The van der Waals surface area contributed by atoms with E-state index in [2.05, 4.69) is 23.5 Å². The summed E-state index contributed by atoms with van der Waals surface area (Å²) in [6.07, 6.45) is 21.3. The largest absolute Gasteiger partial charge is 0.481 e. The molecular formula is C32H55F2N3O2. The molecule has 1 aliphatic rings. The smallest absolute Gasteiger partial charge is 0.300 e. The van der Waals surface area contributed by atoms with Crippen LogP contribution in [-0.2, 0) is 4.79 Å². The first-order valence-electron chi connectivity index (χ1n) is 13.9. The monoisotopic (exact) mass is 551 g/mol. The third kappa shape index (κ3) is 32.9. The Morgan fingerprint density at radius 2 is 1.46 bits per heavy atom. The zero-order valence-electron chi connectivity index (χ0n) is 25.6. The van der Waals surface area contributed by atoms with Crippen LogP contribution in [0.5, 0.6) is 0 Å². The minimum Gasteiger partial charge on any atom is -0.481 e. The van der Waals surface area contributed by atoms with Gasteiger partial charge in [-0.15, -0.1) is 0 Å². The number of aliphatic imine (C=N–C) groups is 1. The van der Waals surface area contributed by atoms with Gasteiger partial charge in [0.25, 0.3) is 5.97 Å². The molecule has 0 aliphatic heterocycles. The van der Waals surface area contributed by atoms with Crippen LogP contribution in [-0.4, -0.2) is 43.0 Å². The summed E-state index contributed by atoms with van der Waals surface area (Å²) in [6.45, 7) is 17.3. The van der Waals surface area contributed by atoms with Crippen LogP contribution in [0.1, 0.15) is 92.9 Å². The Morgan fingerprint density at radius 3 is 1.85 bits per heavy atom. The van der Waals surface area contributed by atoms with Gasteiger partial charge in [-0.2, -0.15) is 0 Å². The van der Waals surface area contributed by atoms with E-state index < -0.39 is 19.3 Å². The first kappa shape index (κ1) is 43.0. The number of amidine groups is 1. The van der Waals surface area contributed by atoms with E-state index in [1.54, 1.807) is 13.1 Å². The molecule has 1 rings (SSSR count). The first-order chi connectivity index (χ1) is 18.7. The summed E-state index contributed by atoms with van der Waals surface area (Å²) < 4.78 is 24.8. The Kier molecular flexibility index (Phi) is 38.5. The fourth-order valence-corrected chi connectivity index (χ4v) is 2.87. The van der Waals surface area contributed by atoms with E-state index in [0.717, 1.165) is 18.1 Å². The van der Waals surface area contributed by atoms with E-state index in [1.807, 2.05) is 52.8 Å². The SMILES string of the molecule is C1CCCCC1.C=C/C=C\C=C(/C)C(=C)CCC(=N)C(=NC)NC(/C=C\CF)=C/CF.CC.CC.CC(=O)O. The number of hydrogen-bond donors (Lipinski definition) is 3. The second kappa shape index (κ2) is 34.9. The number of hydrogen-bond acceptors (Lipinski definition) is 3. The molecule has 1 fully saturated rings. The number of rotatable bonds is 11. The number of allylic oxidation sites excluding steroid dienone is 9. The number of carboxylic acids is 1. The van der Waals surface area contributed by atoms with Crippen molar-refractivity contribution in [3.05, 3.63) is 72.5 Å². The van der Waals surface area contributed by atoms with Gasteiger partial charge in [0.15, 0.2) is 0 Å². The molecule has 0 saturated heterocycles. The zero-order valence-corrected chi connectivity index (χ0v) is 25.6. The first-order valence-corrected chi connectivity index (χ1v) is 13.9. The minimum absolute atomic E-state index is 0.275. The van der Waals surface area contributed by atoms with Crippen LogP contribution >= 0.6 is 0 Å². The van der Waals surface area contributed by atoms with Gasteiger partial charge in [0, 0.05) is 19.7 Å². The lowest BCUT2D eigenvalue weighted by molar-refractivity contribution is -0.134. The van der Waals surface area contributed by atoms with Gasteiger partial charge in [0.2, 0.25) is 0 Å². The zero-order chi connectivity index (χ0) is 30.9. The standard InChI is InChI=1S/C20H27F2N3.C6H12.C2H4O2.2C2H6/c1-5-6-7-9-16(2)17(3)11-12-19(23)20(24-4)25-18(13-15-22)10-8-14-21;1-2-4-6-5-3-1;1-2(3)4;2*1-2/h5-10,13,23H,1,3,11-12,14-15H2,2,4H3,(H,24,25);1-6H2;1H3,(H,3,4);2*1-2H3/b7-6-,10-8-,16-9+,18-13+,23-19?;;;;. The van der Waals surface area contributed by atoms with Gasteiger partial charge in [-0.1, -0.05) is 115 Å². The van der Waals surface area contributed by atoms with Crippen LogP contribution in [0, 0.1) is 5.41 Å². The van der Waals surface area contributed by atoms with Crippen molar-refractivity contribution in [3.63, 3.8) is 0 Å². The van der Waals surface area contributed by atoms with E-state index >= 15 is 0 Å². The molecule has 7 heteroatoms. The minimum atomic E-state index is -0.833. The van der Waals surface area contributed by atoms with Crippen molar-refractivity contribution in [3.8, 4) is 0 Å². The molecule has 0 atom stereocenters. The quantitative estimate of drug-likeness (QED) is 0.136. The van der Waals surface area contributed by atoms with E-state index in [-0.39, 0.29) is 5.71 Å². The maximum absolute atomic E-state index is 12.5. The van der Waals surface area contributed by atoms with Crippen molar-refractivity contribution < 1.29 is 18.7 Å². The third-order valence-electron chi connectivity index (χ3n) is 4.78. The molecule has 0 aromatic carbocycles. The van der Waals surface area contributed by atoms with Crippen molar-refractivity contribution in [2.24, 2.45) is 4.99 Å². The number of nitrogens with one attached hydrogen (secondary N) is 2. The molecule has 5 nitrogen and oxygen atoms in total. The molecule has 39 heavy (non-hydrogen) atoms. The van der Waals surface area contributed by atoms with E-state index in [0.29, 0.717) is 24.4 Å². The molecule has 0 aromatic rings. The highest BCUT2D eigenvalue weighted by Crippen LogP contribution is 2.15. The molecule has 0 bridgehead atoms. The molecule has 0 spiro atoms. The average Bonchev–Trinajstić information content (AvgIpc) is 2.96. The van der Waals surface area contributed by atoms with Crippen LogP contribution in [0.4, 0.5) is 8.78 Å². The van der Waals surface area contributed by atoms with Crippen molar-refractivity contribution in [2.75, 3.05) is 20.4 Å². The molecule has 0 heterocycles. The molecule has 3 N–H and O–H groups in total. The summed E-state index contributed by atoms with van der Waals surface area (Å²) in [5.74, 6) is -0.510. The predicted octanol–water partition coefficient (Wildman–Crippen LogP) is 9.51. The normalized spacial score (nSPS) is 13.3. The third-order valence-corrected chi connectivity index (χ3v) is 4.78. The Balaban J connectivity index is -0.000000356. The number of halogens is 2. The second-order valence-electron chi connectivity index (χ2n) is 7.76. The molecule has 0 unspecified atom stereocenters. The Hall–Kier alpha value is -3.09. The molecule has 224 valence electrons. The molecule has 0 aromatic heterocycles. The molecule has 0 radical (unpaired) electrons. The lowest BCUT2D eigenvalue weighted by atomic mass is 10.0. The maximum Gasteiger partial charge on any atom is 0.300 e. The predicted molar refractivity (Wildman–Crippen MR) is 169 cm³/mol. The molecular weight excluding hydrogens is 496 g/mol. The topological polar surface area (TPSA) is 85.5 Å². The van der Waals surface area contributed by atoms with Crippen molar-refractivity contribution in [2.45, 2.75) is 92.9 Å². The van der Waals surface area contributed by atoms with Gasteiger partial charge in [-0.3, -0.25) is 9.79 Å². The highest BCUT2D eigenvalue weighted by Gasteiger charge is 2.09. The van der Waals surface area contributed by atoms with Gasteiger partial charge < -0.3 is 15.8 Å². The fourth-order valence-electron chi connectivity index (χ4n) is 2.87. The molecule has 1 saturated carbocycles. The Morgan fingerprint density at radius 1 is 0.974 bits per heavy atom. The van der Waals surface area contributed by atoms with Gasteiger partial charge >= 0.3 is 0 Å². The summed E-state index contributed by atoms with van der Waals surface area (Å²) in [7, 11) is 1.54. The summed E-state index contributed by atoms with van der Waals surface area (Å²) in [6, 6.07) is 0. The summed E-state index contributed by atoms with van der Waals surface area (Å²) in [5.41, 5.74) is 2.59. The number of alkyl halides is 2. The summed E-state index contributed by atoms with van der Waals surface area (Å²) in [5, 5.41) is 18.4. The van der Waals surface area contributed by atoms with Gasteiger partial charge in [0.05, 0.1) is 5.71 Å². The molecule has 1 aliphatic carbocycles. The lowest BCUT2D eigenvalue weighted by Crippen LogP contribution is -2.30. The number of nitrogens with zero attached hydrogens (tertiary/aromatic N) is 1. The van der Waals surface area contributed by atoms with Crippen LogP contribution in [0.15, 0.2) is 77.5 Å². The van der Waals surface area contributed by atoms with Crippen LogP contribution in [0.25, 0.3) is 0 Å². The molecule has 0 amide bonds. The summed E-state index contributed by atoms with van der Waals surface area (Å²) >= 11 is 0. The summed E-state index contributed by atoms with van der Waals surface area (Å²) in [4.78, 5) is 13.0. The maximum atomic E-state index is 12.5. The van der Waals surface area contributed by atoms with E-state index in [4.69, 9.17) is 15.3 Å². The number of carbonyl (C=O) groups is 1. The van der Waals surface area contributed by atoms with E-state index in [9.17, 15) is 8.78 Å². The highest BCUT2D eigenvalue weighted by atomic mass is 19.1. The second-order valence-corrected chi connectivity index (χ2v) is 7.76. The lowest BCUT2D eigenvalue weighted by Gasteiger charge is -2.12. The van der Waals surface area contributed by atoms with E-state index in [1.165, 1.54) is 56.8 Å². The van der Waals surface area contributed by atoms with Gasteiger partial charge in [0.1, 0.15) is 19.2 Å². The van der Waals surface area contributed by atoms with Crippen molar-refractivity contribution >= 4 is 17.5 Å².